The van der Waals surface area contributed by atoms with Gasteiger partial charge < -0.3 is 29.7 Å². The molecule has 2 aliphatic heterocycles. The van der Waals surface area contributed by atoms with Crippen molar-refractivity contribution in [3.63, 3.8) is 0 Å². The molecular formula is C38H50FN5O10S. The van der Waals surface area contributed by atoms with Gasteiger partial charge in [0, 0.05) is 37.5 Å². The molecule has 0 bridgehead atoms. The Labute approximate surface area is 320 Å². The molecule has 5 amide bonds. The molecule has 5 atom stereocenters. The lowest BCUT2D eigenvalue weighted by Gasteiger charge is -2.30. The molecule has 15 nitrogen and oxygen atoms in total. The zero-order valence-electron chi connectivity index (χ0n) is 31.4. The maximum atomic E-state index is 14.5. The molecule has 55 heavy (non-hydrogen) atoms. The number of halogens is 1. The fraction of sp³-hybridized carbons (Fsp3) is 0.605. The number of likely N-dealkylation sites (tertiary alicyclic amines) is 1. The molecule has 5 aliphatic rings. The van der Waals surface area contributed by atoms with Gasteiger partial charge in [-0.05, 0) is 70.4 Å². The molecule has 300 valence electrons. The summed E-state index contributed by atoms with van der Waals surface area (Å²) in [7, 11) is -3.95. The Kier molecular flexibility index (Phi) is 11.6. The van der Waals surface area contributed by atoms with E-state index in [1.54, 1.807) is 32.9 Å². The summed E-state index contributed by atoms with van der Waals surface area (Å²) in [4.78, 5) is 70.9. The highest BCUT2D eigenvalue weighted by Crippen LogP contribution is 2.45. The van der Waals surface area contributed by atoms with Crippen LogP contribution in [0.2, 0.25) is 0 Å². The second kappa shape index (κ2) is 15.9. The summed E-state index contributed by atoms with van der Waals surface area (Å²) < 4.78 is 58.9. The summed E-state index contributed by atoms with van der Waals surface area (Å²) in [5, 5.41) is 4.62. The van der Waals surface area contributed by atoms with Crippen molar-refractivity contribution < 1.29 is 51.0 Å². The third-order valence-electron chi connectivity index (χ3n) is 10.3. The minimum absolute atomic E-state index is 0.00610. The first kappa shape index (κ1) is 40.2. The van der Waals surface area contributed by atoms with E-state index >= 15 is 0 Å². The number of sulfonamides is 1. The molecule has 6 rings (SSSR count). The first-order chi connectivity index (χ1) is 26.0. The smallest absolute Gasteiger partial charge is 0.410 e. The van der Waals surface area contributed by atoms with Crippen molar-refractivity contribution in [1.82, 2.24) is 25.2 Å². The lowest BCUT2D eigenvalue weighted by Crippen LogP contribution is -2.58. The summed E-state index contributed by atoms with van der Waals surface area (Å²) >= 11 is 0. The maximum Gasteiger partial charge on any atom is 0.410 e. The van der Waals surface area contributed by atoms with E-state index in [2.05, 4.69) is 28.0 Å². The third kappa shape index (κ3) is 9.84. The van der Waals surface area contributed by atoms with Gasteiger partial charge in [-0.15, -0.1) is 6.58 Å². The molecule has 2 unspecified atom stereocenters. The van der Waals surface area contributed by atoms with E-state index < -0.39 is 86.2 Å². The Bertz CT molecular complexity index is 1840. The monoisotopic (exact) mass is 787 g/mol. The van der Waals surface area contributed by atoms with Crippen LogP contribution in [-0.4, -0.2) is 102 Å². The Morgan fingerprint density at radius 3 is 2.49 bits per heavy atom. The van der Waals surface area contributed by atoms with Crippen molar-refractivity contribution in [3.05, 3.63) is 60.0 Å². The van der Waals surface area contributed by atoms with Gasteiger partial charge in [0.2, 0.25) is 21.8 Å². The summed E-state index contributed by atoms with van der Waals surface area (Å²) in [6.07, 6.45) is 5.77. The maximum absolute atomic E-state index is 14.5. The van der Waals surface area contributed by atoms with Crippen LogP contribution in [0.25, 0.3) is 0 Å². The van der Waals surface area contributed by atoms with Crippen LogP contribution in [0.4, 0.5) is 14.0 Å². The van der Waals surface area contributed by atoms with Crippen LogP contribution in [0.1, 0.15) is 76.8 Å². The van der Waals surface area contributed by atoms with Crippen LogP contribution < -0.4 is 15.4 Å². The highest BCUT2D eigenvalue weighted by molar-refractivity contribution is 7.91. The van der Waals surface area contributed by atoms with Gasteiger partial charge in [-0.3, -0.25) is 24.0 Å². The number of benzene rings is 1. The average Bonchev–Trinajstić information content (AvgIpc) is 4.05. The molecule has 3 N–H and O–H groups in total. The molecule has 17 heteroatoms. The lowest BCUT2D eigenvalue weighted by atomic mass is 10.1. The average molecular weight is 788 g/mol. The predicted octanol–water partition coefficient (Wildman–Crippen LogP) is 3.18. The number of hydrogen-bond donors (Lipinski definition) is 3. The van der Waals surface area contributed by atoms with Crippen LogP contribution in [-0.2, 0) is 51.7 Å². The zero-order chi connectivity index (χ0) is 39.7. The fourth-order valence-electron chi connectivity index (χ4n) is 6.92. The lowest BCUT2D eigenvalue weighted by molar-refractivity contribution is -0.141. The first-order valence-electron chi connectivity index (χ1n) is 18.8. The standard InChI is InChI=1S/C38H50FN5O10S/c1-5-25-19-38(25,34(47)42-55(50,51)27-13-14-27)41-32(45)31-18-26(53-36(49)43-20-24-9-6-10-29(39)28(24)22-43)21-44(31)33(46)30(40-35(48)54-37(2,3)4)15-17-52-16-7-8-23-11-12-23/h5-10,23,25-27,30-31H,1,11-22H2,2-4H3,(H,40,48)(H,41,45)(H,42,47)/b8-7+/t25?,26-,30+,31?,38-/m1/s1. The van der Waals surface area contributed by atoms with Gasteiger partial charge in [0.15, 0.2) is 0 Å². The molecule has 0 spiro atoms. The number of rotatable bonds is 15. The molecule has 2 heterocycles. The molecule has 0 radical (unpaired) electrons. The summed E-state index contributed by atoms with van der Waals surface area (Å²) in [6, 6.07) is 2.03. The van der Waals surface area contributed by atoms with E-state index in [-0.39, 0.29) is 45.5 Å². The Morgan fingerprint density at radius 2 is 1.85 bits per heavy atom. The van der Waals surface area contributed by atoms with E-state index in [0.717, 1.165) is 12.8 Å². The number of alkyl carbamates (subject to hydrolysis) is 1. The van der Waals surface area contributed by atoms with Crippen molar-refractivity contribution >= 4 is 39.9 Å². The van der Waals surface area contributed by atoms with Crippen molar-refractivity contribution in [2.24, 2.45) is 11.8 Å². The van der Waals surface area contributed by atoms with Gasteiger partial charge in [0.05, 0.1) is 24.9 Å². The topological polar surface area (TPSA) is 190 Å². The van der Waals surface area contributed by atoms with Crippen molar-refractivity contribution in [1.29, 1.82) is 0 Å². The highest BCUT2D eigenvalue weighted by atomic mass is 32.2. The third-order valence-corrected chi connectivity index (χ3v) is 12.2. The molecule has 0 aromatic heterocycles. The van der Waals surface area contributed by atoms with Crippen LogP contribution in [0.3, 0.4) is 0 Å². The minimum Gasteiger partial charge on any atom is -0.444 e. The van der Waals surface area contributed by atoms with E-state index in [1.807, 2.05) is 6.08 Å². The van der Waals surface area contributed by atoms with E-state index in [1.165, 1.54) is 21.9 Å². The van der Waals surface area contributed by atoms with Gasteiger partial charge in [-0.2, -0.15) is 0 Å². The fourth-order valence-corrected chi connectivity index (χ4v) is 8.28. The normalized spacial score (nSPS) is 25.2. The first-order valence-corrected chi connectivity index (χ1v) is 20.3. The second-order valence-corrected chi connectivity index (χ2v) is 18.0. The number of carbonyl (C=O) groups is 5. The molecule has 3 aliphatic carbocycles. The number of ether oxygens (including phenoxy) is 3. The molecule has 1 saturated heterocycles. The largest absolute Gasteiger partial charge is 0.444 e. The summed E-state index contributed by atoms with van der Waals surface area (Å²) in [5.74, 6) is -2.87. The SMILES string of the molecule is C=CC1C[C@]1(NC(=O)C1C[C@@H](OC(=O)N2Cc3cccc(F)c3C2)CN1C(=O)[C@H](CCOC/C=C/C1CC1)NC(=O)OC(C)(C)C)C(=O)NS(=O)(=O)C1CC1. The summed E-state index contributed by atoms with van der Waals surface area (Å²) in [5.41, 5.74) is -1.52. The number of amides is 5. The molecular weight excluding hydrogens is 738 g/mol. The predicted molar refractivity (Wildman–Crippen MR) is 196 cm³/mol. The van der Waals surface area contributed by atoms with Gasteiger partial charge in [-0.25, -0.2) is 22.4 Å². The quantitative estimate of drug-likeness (QED) is 0.176. The van der Waals surface area contributed by atoms with Gasteiger partial charge >= 0.3 is 12.2 Å². The number of fused-ring (bicyclic) bond motifs is 1. The molecule has 3 saturated carbocycles. The summed E-state index contributed by atoms with van der Waals surface area (Å²) in [6.45, 7) is 8.92. The van der Waals surface area contributed by atoms with Gasteiger partial charge in [0.25, 0.3) is 5.91 Å². The zero-order valence-corrected chi connectivity index (χ0v) is 32.2. The number of allylic oxidation sites excluding steroid dienone is 1. The van der Waals surface area contributed by atoms with Crippen molar-refractivity contribution in [2.75, 3.05) is 19.8 Å². The Morgan fingerprint density at radius 1 is 1.11 bits per heavy atom. The number of carbonyl (C=O) groups excluding carboxylic acids is 5. The number of hydrogen-bond acceptors (Lipinski definition) is 10. The van der Waals surface area contributed by atoms with Crippen LogP contribution in [0.15, 0.2) is 43.0 Å². The Hall–Kier alpha value is -4.51. The van der Waals surface area contributed by atoms with Crippen LogP contribution in [0, 0.1) is 17.7 Å². The van der Waals surface area contributed by atoms with E-state index in [4.69, 9.17) is 14.2 Å². The highest BCUT2D eigenvalue weighted by Gasteiger charge is 2.62. The number of nitrogens with zero attached hydrogens (tertiary/aromatic N) is 2. The molecule has 1 aromatic rings. The van der Waals surface area contributed by atoms with Gasteiger partial charge in [0.1, 0.15) is 35.1 Å². The second-order valence-electron chi connectivity index (χ2n) is 16.0. The molecule has 4 fully saturated rings. The van der Waals surface area contributed by atoms with Crippen LogP contribution >= 0.6 is 0 Å². The van der Waals surface area contributed by atoms with Crippen LogP contribution in [0.5, 0.6) is 0 Å². The van der Waals surface area contributed by atoms with E-state index in [0.29, 0.717) is 36.5 Å². The van der Waals surface area contributed by atoms with Gasteiger partial charge in [-0.1, -0.05) is 30.4 Å². The number of nitrogens with one attached hydrogen (secondary N) is 3. The van der Waals surface area contributed by atoms with Crippen molar-refractivity contribution in [3.8, 4) is 0 Å². The minimum atomic E-state index is -3.95. The Balaban J connectivity index is 1.20. The van der Waals surface area contributed by atoms with Crippen molar-refractivity contribution in [2.45, 2.75) is 113 Å². The van der Waals surface area contributed by atoms with E-state index in [9.17, 15) is 36.8 Å². The molecule has 1 aromatic carbocycles.